The SMILES string of the molecule is CC(C)C[C@@H](N)C(=O)N(C)C1CCOCC1. The Morgan fingerprint density at radius 1 is 1.44 bits per heavy atom. The fourth-order valence-electron chi connectivity index (χ4n) is 2.12. The Bertz CT molecular complexity index is 225. The van der Waals surface area contributed by atoms with Crippen molar-refractivity contribution in [2.75, 3.05) is 20.3 Å². The van der Waals surface area contributed by atoms with Gasteiger partial charge in [-0.1, -0.05) is 13.8 Å². The number of carbonyl (C=O) groups is 1. The number of hydrogen-bond donors (Lipinski definition) is 1. The number of amides is 1. The van der Waals surface area contributed by atoms with E-state index in [4.69, 9.17) is 10.5 Å². The summed E-state index contributed by atoms with van der Waals surface area (Å²) in [5, 5.41) is 0. The van der Waals surface area contributed by atoms with E-state index in [-0.39, 0.29) is 11.9 Å². The van der Waals surface area contributed by atoms with Crippen LogP contribution in [0.15, 0.2) is 0 Å². The van der Waals surface area contributed by atoms with E-state index in [0.717, 1.165) is 32.5 Å². The number of hydrogen-bond acceptors (Lipinski definition) is 3. The van der Waals surface area contributed by atoms with Gasteiger partial charge in [-0.25, -0.2) is 0 Å². The molecule has 4 nitrogen and oxygen atoms in total. The minimum Gasteiger partial charge on any atom is -0.381 e. The molecule has 1 fully saturated rings. The van der Waals surface area contributed by atoms with Crippen molar-refractivity contribution < 1.29 is 9.53 Å². The van der Waals surface area contributed by atoms with Gasteiger partial charge in [-0.2, -0.15) is 0 Å². The molecule has 0 unspecified atom stereocenters. The maximum absolute atomic E-state index is 12.0. The van der Waals surface area contributed by atoms with Crippen molar-refractivity contribution in [1.29, 1.82) is 0 Å². The van der Waals surface area contributed by atoms with Crippen molar-refractivity contribution in [3.8, 4) is 0 Å². The highest BCUT2D eigenvalue weighted by atomic mass is 16.5. The molecule has 16 heavy (non-hydrogen) atoms. The first-order chi connectivity index (χ1) is 7.52. The Kier molecular flexibility index (Phi) is 5.22. The molecule has 0 spiro atoms. The Labute approximate surface area is 98.1 Å². The fourth-order valence-corrected chi connectivity index (χ4v) is 2.12. The van der Waals surface area contributed by atoms with E-state index in [2.05, 4.69) is 13.8 Å². The molecule has 0 aromatic carbocycles. The standard InChI is InChI=1S/C12H24N2O2/c1-9(2)8-11(13)12(15)14(3)10-4-6-16-7-5-10/h9-11H,4-8,13H2,1-3H3/t11-/m1/s1. The van der Waals surface area contributed by atoms with Crippen LogP contribution >= 0.6 is 0 Å². The van der Waals surface area contributed by atoms with Crippen molar-refractivity contribution in [3.63, 3.8) is 0 Å². The van der Waals surface area contributed by atoms with Crippen LogP contribution in [0.2, 0.25) is 0 Å². The summed E-state index contributed by atoms with van der Waals surface area (Å²) in [5.74, 6) is 0.530. The molecule has 2 N–H and O–H groups in total. The summed E-state index contributed by atoms with van der Waals surface area (Å²) in [4.78, 5) is 13.9. The summed E-state index contributed by atoms with van der Waals surface area (Å²) in [6.07, 6.45) is 2.61. The second-order valence-electron chi connectivity index (χ2n) is 5.03. The molecule has 1 heterocycles. The van der Waals surface area contributed by atoms with Gasteiger partial charge in [-0.3, -0.25) is 4.79 Å². The Balaban J connectivity index is 2.45. The van der Waals surface area contributed by atoms with Crippen LogP contribution in [0.4, 0.5) is 0 Å². The molecule has 4 heteroatoms. The summed E-state index contributed by atoms with van der Waals surface area (Å²) in [6, 6.07) is -0.0488. The van der Waals surface area contributed by atoms with Crippen LogP contribution in [-0.2, 0) is 9.53 Å². The van der Waals surface area contributed by atoms with Gasteiger partial charge >= 0.3 is 0 Å². The molecule has 1 amide bonds. The maximum Gasteiger partial charge on any atom is 0.239 e. The van der Waals surface area contributed by atoms with Gasteiger partial charge < -0.3 is 15.4 Å². The zero-order valence-electron chi connectivity index (χ0n) is 10.6. The highest BCUT2D eigenvalue weighted by Gasteiger charge is 2.26. The number of likely N-dealkylation sites (N-methyl/N-ethyl adjacent to an activating group) is 1. The largest absolute Gasteiger partial charge is 0.381 e. The van der Waals surface area contributed by atoms with Gasteiger partial charge in [0.25, 0.3) is 0 Å². The van der Waals surface area contributed by atoms with E-state index in [1.165, 1.54) is 0 Å². The van der Waals surface area contributed by atoms with Crippen LogP contribution in [-0.4, -0.2) is 43.2 Å². The van der Waals surface area contributed by atoms with E-state index in [9.17, 15) is 4.79 Å². The minimum atomic E-state index is -0.354. The lowest BCUT2D eigenvalue weighted by molar-refractivity contribution is -0.135. The summed E-state index contributed by atoms with van der Waals surface area (Å²) in [5.41, 5.74) is 5.90. The molecule has 0 saturated carbocycles. The Morgan fingerprint density at radius 3 is 2.50 bits per heavy atom. The van der Waals surface area contributed by atoms with E-state index in [1.807, 2.05) is 11.9 Å². The quantitative estimate of drug-likeness (QED) is 0.781. The molecule has 1 aliphatic heterocycles. The number of rotatable bonds is 4. The van der Waals surface area contributed by atoms with Crippen LogP contribution in [0.1, 0.15) is 33.1 Å². The molecule has 94 valence electrons. The van der Waals surface area contributed by atoms with Crippen LogP contribution in [0.5, 0.6) is 0 Å². The summed E-state index contributed by atoms with van der Waals surface area (Å²) in [6.45, 7) is 5.67. The van der Waals surface area contributed by atoms with E-state index in [0.29, 0.717) is 12.0 Å². The smallest absolute Gasteiger partial charge is 0.239 e. The lowest BCUT2D eigenvalue weighted by atomic mass is 10.0. The topological polar surface area (TPSA) is 55.6 Å². The van der Waals surface area contributed by atoms with Crippen molar-refractivity contribution in [2.45, 2.75) is 45.2 Å². The molecular formula is C12H24N2O2. The lowest BCUT2D eigenvalue weighted by Crippen LogP contribution is -2.48. The fraction of sp³-hybridized carbons (Fsp3) is 0.917. The predicted molar refractivity (Wildman–Crippen MR) is 64.0 cm³/mol. The molecule has 1 aliphatic rings. The Morgan fingerprint density at radius 2 is 2.00 bits per heavy atom. The van der Waals surface area contributed by atoms with Gasteiger partial charge in [0.2, 0.25) is 5.91 Å². The predicted octanol–water partition coefficient (Wildman–Crippen LogP) is 0.997. The van der Waals surface area contributed by atoms with Gasteiger partial charge in [0.1, 0.15) is 0 Å². The van der Waals surface area contributed by atoms with E-state index >= 15 is 0 Å². The first-order valence-electron chi connectivity index (χ1n) is 6.12. The summed E-state index contributed by atoms with van der Waals surface area (Å²) in [7, 11) is 1.86. The zero-order chi connectivity index (χ0) is 12.1. The highest BCUT2D eigenvalue weighted by Crippen LogP contribution is 2.15. The number of nitrogens with two attached hydrogens (primary N) is 1. The Hall–Kier alpha value is -0.610. The molecule has 0 aromatic heterocycles. The van der Waals surface area contributed by atoms with Crippen molar-refractivity contribution >= 4 is 5.91 Å². The minimum absolute atomic E-state index is 0.0700. The second-order valence-corrected chi connectivity index (χ2v) is 5.03. The monoisotopic (exact) mass is 228 g/mol. The van der Waals surface area contributed by atoms with Crippen LogP contribution < -0.4 is 5.73 Å². The number of nitrogens with zero attached hydrogens (tertiary/aromatic N) is 1. The molecule has 1 saturated heterocycles. The van der Waals surface area contributed by atoms with Crippen LogP contribution in [0.25, 0.3) is 0 Å². The van der Waals surface area contributed by atoms with E-state index < -0.39 is 0 Å². The third kappa shape index (κ3) is 3.76. The molecule has 0 radical (unpaired) electrons. The maximum atomic E-state index is 12.0. The van der Waals surface area contributed by atoms with Gasteiger partial charge in [0.15, 0.2) is 0 Å². The lowest BCUT2D eigenvalue weighted by Gasteiger charge is -2.33. The first-order valence-corrected chi connectivity index (χ1v) is 6.12. The molecule has 1 rings (SSSR count). The summed E-state index contributed by atoms with van der Waals surface area (Å²) < 4.78 is 5.29. The first kappa shape index (κ1) is 13.5. The van der Waals surface area contributed by atoms with Gasteiger partial charge in [-0.05, 0) is 25.2 Å². The van der Waals surface area contributed by atoms with Crippen molar-refractivity contribution in [3.05, 3.63) is 0 Å². The van der Waals surface area contributed by atoms with Crippen molar-refractivity contribution in [2.24, 2.45) is 11.7 Å². The van der Waals surface area contributed by atoms with Crippen LogP contribution in [0, 0.1) is 5.92 Å². The van der Waals surface area contributed by atoms with Gasteiger partial charge in [0.05, 0.1) is 6.04 Å². The van der Waals surface area contributed by atoms with Gasteiger partial charge in [0, 0.05) is 26.3 Å². The van der Waals surface area contributed by atoms with Gasteiger partial charge in [-0.15, -0.1) is 0 Å². The molecule has 0 aromatic rings. The normalized spacial score (nSPS) is 19.8. The molecular weight excluding hydrogens is 204 g/mol. The number of ether oxygens (including phenoxy) is 1. The average molecular weight is 228 g/mol. The van der Waals surface area contributed by atoms with E-state index in [1.54, 1.807) is 0 Å². The molecule has 0 aliphatic carbocycles. The third-order valence-electron chi connectivity index (χ3n) is 3.13. The molecule has 0 bridgehead atoms. The number of carbonyl (C=O) groups excluding carboxylic acids is 1. The molecule has 1 atom stereocenters. The average Bonchev–Trinajstić information content (AvgIpc) is 2.27. The second kappa shape index (κ2) is 6.21. The third-order valence-corrected chi connectivity index (χ3v) is 3.13. The summed E-state index contributed by atoms with van der Waals surface area (Å²) >= 11 is 0. The van der Waals surface area contributed by atoms with Crippen LogP contribution in [0.3, 0.4) is 0 Å². The van der Waals surface area contributed by atoms with Crippen molar-refractivity contribution in [1.82, 2.24) is 4.90 Å². The highest BCUT2D eigenvalue weighted by molar-refractivity contribution is 5.81. The zero-order valence-corrected chi connectivity index (χ0v) is 10.6.